The molecule has 0 aromatic heterocycles. The summed E-state index contributed by atoms with van der Waals surface area (Å²) in [5, 5.41) is 9.34. The van der Waals surface area contributed by atoms with Crippen LogP contribution >= 0.6 is 0 Å². The minimum atomic E-state index is 0.332. The molecule has 0 aliphatic heterocycles. The fourth-order valence-electron chi connectivity index (χ4n) is 4.82. The smallest absolute Gasteiger partial charge is 0.0436 e. The van der Waals surface area contributed by atoms with Gasteiger partial charge in [0.2, 0.25) is 0 Å². The summed E-state index contributed by atoms with van der Waals surface area (Å²) in [6, 6.07) is 0. The number of hydrogen-bond donors (Lipinski definition) is 1. The van der Waals surface area contributed by atoms with Crippen LogP contribution in [0.1, 0.15) is 59.8 Å². The zero-order valence-electron chi connectivity index (χ0n) is 11.9. The molecule has 0 bridgehead atoms. The molecular formula is C16H28O. The van der Waals surface area contributed by atoms with E-state index in [2.05, 4.69) is 33.8 Å². The molecule has 0 saturated heterocycles. The third-order valence-corrected chi connectivity index (χ3v) is 5.71. The standard InChI is InChI=1S/C16H28O/c1-12-6-7-14-15(2,3)9-5-10-16(14,4)13(12)8-11-17/h6,13-14,17H,5,7-11H2,1-4H3/t13-,14+,16+/m0/s1. The van der Waals surface area contributed by atoms with Gasteiger partial charge in [0, 0.05) is 6.61 Å². The van der Waals surface area contributed by atoms with Crippen molar-refractivity contribution in [2.24, 2.45) is 22.7 Å². The number of fused-ring (bicyclic) bond motifs is 1. The van der Waals surface area contributed by atoms with E-state index >= 15 is 0 Å². The maximum atomic E-state index is 9.34. The van der Waals surface area contributed by atoms with E-state index < -0.39 is 0 Å². The molecule has 17 heavy (non-hydrogen) atoms. The summed E-state index contributed by atoms with van der Waals surface area (Å²) in [4.78, 5) is 0. The molecular weight excluding hydrogens is 208 g/mol. The van der Waals surface area contributed by atoms with Gasteiger partial charge in [-0.3, -0.25) is 0 Å². The van der Waals surface area contributed by atoms with Crippen LogP contribution in [0, 0.1) is 22.7 Å². The number of aliphatic hydroxyl groups is 1. The molecule has 98 valence electrons. The lowest BCUT2D eigenvalue weighted by Crippen LogP contribution is -2.48. The third kappa shape index (κ3) is 2.07. The molecule has 2 aliphatic carbocycles. The van der Waals surface area contributed by atoms with Crippen molar-refractivity contribution in [1.82, 2.24) is 0 Å². The normalized spacial score (nSPS) is 40.6. The van der Waals surface area contributed by atoms with Gasteiger partial charge >= 0.3 is 0 Å². The Morgan fingerprint density at radius 2 is 2.00 bits per heavy atom. The Bertz CT molecular complexity index is 315. The van der Waals surface area contributed by atoms with Crippen molar-refractivity contribution in [1.29, 1.82) is 0 Å². The first kappa shape index (κ1) is 13.1. The highest BCUT2D eigenvalue weighted by Crippen LogP contribution is 2.60. The van der Waals surface area contributed by atoms with Gasteiger partial charge in [-0.2, -0.15) is 0 Å². The van der Waals surface area contributed by atoms with Crippen LogP contribution < -0.4 is 0 Å². The van der Waals surface area contributed by atoms with Gasteiger partial charge in [0.25, 0.3) is 0 Å². The maximum Gasteiger partial charge on any atom is 0.0436 e. The monoisotopic (exact) mass is 236 g/mol. The summed E-state index contributed by atoms with van der Waals surface area (Å²) in [6.07, 6.45) is 8.71. The van der Waals surface area contributed by atoms with Crippen LogP contribution in [0.2, 0.25) is 0 Å². The molecule has 0 unspecified atom stereocenters. The topological polar surface area (TPSA) is 20.2 Å². The average molecular weight is 236 g/mol. The van der Waals surface area contributed by atoms with Gasteiger partial charge in [0.15, 0.2) is 0 Å². The molecule has 0 aromatic carbocycles. The summed E-state index contributed by atoms with van der Waals surface area (Å²) < 4.78 is 0. The van der Waals surface area contributed by atoms with Crippen molar-refractivity contribution in [3.05, 3.63) is 11.6 Å². The van der Waals surface area contributed by atoms with E-state index in [4.69, 9.17) is 0 Å². The summed E-state index contributed by atoms with van der Waals surface area (Å²) in [5.74, 6) is 1.40. The van der Waals surface area contributed by atoms with Gasteiger partial charge in [0.1, 0.15) is 0 Å². The fraction of sp³-hybridized carbons (Fsp3) is 0.875. The molecule has 1 nitrogen and oxygen atoms in total. The molecule has 1 fully saturated rings. The van der Waals surface area contributed by atoms with E-state index in [0.29, 0.717) is 23.4 Å². The molecule has 1 saturated carbocycles. The predicted octanol–water partition coefficient (Wildman–Crippen LogP) is 4.17. The Kier molecular flexibility index (Phi) is 3.42. The number of aliphatic hydroxyl groups excluding tert-OH is 1. The molecule has 3 atom stereocenters. The number of hydrogen-bond acceptors (Lipinski definition) is 1. The molecule has 1 heteroatoms. The van der Waals surface area contributed by atoms with Gasteiger partial charge in [-0.05, 0) is 55.3 Å². The summed E-state index contributed by atoms with van der Waals surface area (Å²) >= 11 is 0. The quantitative estimate of drug-likeness (QED) is 0.714. The van der Waals surface area contributed by atoms with Crippen LogP contribution in [-0.2, 0) is 0 Å². The highest BCUT2D eigenvalue weighted by atomic mass is 16.3. The van der Waals surface area contributed by atoms with Crippen molar-refractivity contribution in [2.75, 3.05) is 6.61 Å². The molecule has 0 spiro atoms. The Balaban J connectivity index is 2.35. The molecule has 0 aromatic rings. The molecule has 2 rings (SSSR count). The van der Waals surface area contributed by atoms with Crippen LogP contribution in [-0.4, -0.2) is 11.7 Å². The van der Waals surface area contributed by atoms with Crippen LogP contribution in [0.3, 0.4) is 0 Å². The third-order valence-electron chi connectivity index (χ3n) is 5.71. The highest BCUT2D eigenvalue weighted by molar-refractivity contribution is 5.18. The van der Waals surface area contributed by atoms with Gasteiger partial charge in [0.05, 0.1) is 0 Å². The van der Waals surface area contributed by atoms with Crippen molar-refractivity contribution in [3.8, 4) is 0 Å². The van der Waals surface area contributed by atoms with Crippen molar-refractivity contribution < 1.29 is 5.11 Å². The predicted molar refractivity (Wildman–Crippen MR) is 72.8 cm³/mol. The molecule has 0 amide bonds. The first-order chi connectivity index (χ1) is 7.92. The summed E-state index contributed by atoms with van der Waals surface area (Å²) in [6.45, 7) is 9.97. The van der Waals surface area contributed by atoms with Gasteiger partial charge in [-0.15, -0.1) is 0 Å². The van der Waals surface area contributed by atoms with Gasteiger partial charge in [-0.25, -0.2) is 0 Å². The van der Waals surface area contributed by atoms with Crippen LogP contribution in [0.5, 0.6) is 0 Å². The van der Waals surface area contributed by atoms with Crippen LogP contribution in [0.4, 0.5) is 0 Å². The van der Waals surface area contributed by atoms with Crippen molar-refractivity contribution in [3.63, 3.8) is 0 Å². The second kappa shape index (κ2) is 4.42. The van der Waals surface area contributed by atoms with E-state index in [1.807, 2.05) is 0 Å². The minimum Gasteiger partial charge on any atom is -0.396 e. The molecule has 0 heterocycles. The highest BCUT2D eigenvalue weighted by Gasteiger charge is 2.51. The second-order valence-electron chi connectivity index (χ2n) is 7.15. The van der Waals surface area contributed by atoms with E-state index in [-0.39, 0.29) is 0 Å². The van der Waals surface area contributed by atoms with E-state index in [0.717, 1.165) is 12.3 Å². The summed E-state index contributed by atoms with van der Waals surface area (Å²) in [5.41, 5.74) is 2.41. The first-order valence-corrected chi connectivity index (χ1v) is 7.19. The Hall–Kier alpha value is -0.300. The molecule has 2 aliphatic rings. The zero-order chi connectivity index (χ0) is 12.7. The molecule has 1 N–H and O–H groups in total. The second-order valence-corrected chi connectivity index (χ2v) is 7.15. The van der Waals surface area contributed by atoms with Crippen molar-refractivity contribution in [2.45, 2.75) is 59.8 Å². The largest absolute Gasteiger partial charge is 0.396 e. The van der Waals surface area contributed by atoms with Gasteiger partial charge < -0.3 is 5.11 Å². The Morgan fingerprint density at radius 3 is 2.65 bits per heavy atom. The van der Waals surface area contributed by atoms with E-state index in [1.54, 1.807) is 0 Å². The number of rotatable bonds is 2. The lowest BCUT2D eigenvalue weighted by Gasteiger charge is -2.56. The fourth-order valence-corrected chi connectivity index (χ4v) is 4.82. The van der Waals surface area contributed by atoms with Crippen LogP contribution in [0.25, 0.3) is 0 Å². The van der Waals surface area contributed by atoms with Crippen molar-refractivity contribution >= 4 is 0 Å². The SMILES string of the molecule is CC1=CC[C@@H]2C(C)(C)CCC[C@]2(C)[C@H]1CCO. The maximum absolute atomic E-state index is 9.34. The van der Waals surface area contributed by atoms with E-state index in [1.165, 1.54) is 31.3 Å². The first-order valence-electron chi connectivity index (χ1n) is 7.19. The number of allylic oxidation sites excluding steroid dienone is 2. The van der Waals surface area contributed by atoms with Gasteiger partial charge in [-0.1, -0.05) is 38.8 Å². The summed E-state index contributed by atoms with van der Waals surface area (Å²) in [7, 11) is 0. The average Bonchev–Trinajstić information content (AvgIpc) is 2.22. The minimum absolute atomic E-state index is 0.332. The zero-order valence-corrected chi connectivity index (χ0v) is 11.9. The Morgan fingerprint density at radius 1 is 1.29 bits per heavy atom. The van der Waals surface area contributed by atoms with Crippen LogP contribution in [0.15, 0.2) is 11.6 Å². The van der Waals surface area contributed by atoms with E-state index in [9.17, 15) is 5.11 Å². The molecule has 0 radical (unpaired) electrons. The lowest BCUT2D eigenvalue weighted by molar-refractivity contribution is -0.0425. The Labute approximate surface area is 106 Å². The lowest BCUT2D eigenvalue weighted by atomic mass is 9.48.